The highest BCUT2D eigenvalue weighted by atomic mass is 127. The van der Waals surface area contributed by atoms with Gasteiger partial charge in [-0.05, 0) is 43.2 Å². The third-order valence-electron chi connectivity index (χ3n) is 6.15. The average molecular weight is 532 g/mol. The predicted octanol–water partition coefficient (Wildman–Crippen LogP) is 3.39. The number of benzene rings is 1. The highest BCUT2D eigenvalue weighted by Crippen LogP contribution is 2.28. The van der Waals surface area contributed by atoms with Gasteiger partial charge in [0.05, 0.1) is 0 Å². The van der Waals surface area contributed by atoms with Gasteiger partial charge in [0.15, 0.2) is 5.96 Å². The molecule has 0 spiro atoms. The Morgan fingerprint density at radius 1 is 1.10 bits per heavy atom. The van der Waals surface area contributed by atoms with Gasteiger partial charge in [-0.2, -0.15) is 11.8 Å². The van der Waals surface area contributed by atoms with Crippen molar-refractivity contribution >= 4 is 41.7 Å². The van der Waals surface area contributed by atoms with E-state index in [1.54, 1.807) is 0 Å². The maximum Gasteiger partial charge on any atom is 0.191 e. The summed E-state index contributed by atoms with van der Waals surface area (Å²) in [6.07, 6.45) is 6.01. The van der Waals surface area contributed by atoms with Crippen molar-refractivity contribution in [1.29, 1.82) is 0 Å². The molecule has 2 aliphatic rings. The van der Waals surface area contributed by atoms with Gasteiger partial charge in [-0.1, -0.05) is 31.2 Å². The molecule has 29 heavy (non-hydrogen) atoms. The summed E-state index contributed by atoms with van der Waals surface area (Å²) in [6.45, 7) is 9.98. The second-order valence-corrected chi connectivity index (χ2v) is 9.05. The Morgan fingerprint density at radius 3 is 2.41 bits per heavy atom. The molecule has 1 aliphatic heterocycles. The van der Waals surface area contributed by atoms with E-state index in [1.807, 2.05) is 18.8 Å². The Morgan fingerprint density at radius 2 is 1.79 bits per heavy atom. The number of guanidine groups is 1. The number of piperazine rings is 1. The number of nitrogens with zero attached hydrogens (tertiary/aromatic N) is 3. The Labute approximate surface area is 198 Å². The first-order chi connectivity index (χ1) is 13.7. The van der Waals surface area contributed by atoms with Crippen molar-refractivity contribution in [2.45, 2.75) is 50.6 Å². The predicted molar refractivity (Wildman–Crippen MR) is 138 cm³/mol. The van der Waals surface area contributed by atoms with Gasteiger partial charge in [-0.25, -0.2) is 0 Å². The molecule has 0 radical (unpaired) electrons. The van der Waals surface area contributed by atoms with Crippen molar-refractivity contribution in [2.75, 3.05) is 46.0 Å². The van der Waals surface area contributed by atoms with Gasteiger partial charge in [0, 0.05) is 57.6 Å². The maximum absolute atomic E-state index is 4.45. The van der Waals surface area contributed by atoms with Crippen LogP contribution in [0.15, 0.2) is 29.3 Å². The lowest BCUT2D eigenvalue weighted by Gasteiger charge is -2.34. The number of hydrogen-bond acceptors (Lipinski definition) is 4. The first-order valence-electron chi connectivity index (χ1n) is 10.7. The summed E-state index contributed by atoms with van der Waals surface area (Å²) >= 11 is 1.99. The first-order valence-corrected chi connectivity index (χ1v) is 12.0. The van der Waals surface area contributed by atoms with Crippen molar-refractivity contribution in [1.82, 2.24) is 20.4 Å². The van der Waals surface area contributed by atoms with Crippen LogP contribution in [-0.2, 0) is 13.1 Å². The van der Waals surface area contributed by atoms with Crippen LogP contribution in [0.4, 0.5) is 0 Å². The molecule has 1 saturated heterocycles. The average Bonchev–Trinajstić information content (AvgIpc) is 3.20. The lowest BCUT2D eigenvalue weighted by atomic mass is 10.1. The largest absolute Gasteiger partial charge is 0.354 e. The van der Waals surface area contributed by atoms with Crippen molar-refractivity contribution in [3.05, 3.63) is 35.4 Å². The van der Waals surface area contributed by atoms with Gasteiger partial charge in [-0.15, -0.1) is 24.0 Å². The summed E-state index contributed by atoms with van der Waals surface area (Å²) in [4.78, 5) is 9.57. The van der Waals surface area contributed by atoms with Crippen LogP contribution in [0.5, 0.6) is 0 Å². The fraction of sp³-hybridized carbons (Fsp3) is 0.682. The smallest absolute Gasteiger partial charge is 0.191 e. The molecule has 2 atom stereocenters. The zero-order chi connectivity index (χ0) is 19.8. The van der Waals surface area contributed by atoms with Crippen LogP contribution >= 0.6 is 35.7 Å². The second-order valence-electron chi connectivity index (χ2n) is 7.92. The Balaban J connectivity index is 0.00000300. The van der Waals surface area contributed by atoms with E-state index >= 15 is 0 Å². The van der Waals surface area contributed by atoms with Crippen LogP contribution in [-0.4, -0.2) is 73.1 Å². The van der Waals surface area contributed by atoms with Crippen molar-refractivity contribution < 1.29 is 0 Å². The Kier molecular flexibility index (Phi) is 11.1. The highest BCUT2D eigenvalue weighted by molar-refractivity contribution is 14.0. The van der Waals surface area contributed by atoms with Gasteiger partial charge >= 0.3 is 0 Å². The van der Waals surface area contributed by atoms with Gasteiger partial charge in [-0.3, -0.25) is 9.89 Å². The summed E-state index contributed by atoms with van der Waals surface area (Å²) in [5.41, 5.74) is 2.80. The first kappa shape index (κ1) is 24.8. The topological polar surface area (TPSA) is 42.9 Å². The SMILES string of the molecule is CCN1CCN(Cc2ccccc2CNC(=NC)NC2CCC(SC)C2)CC1.I. The monoisotopic (exact) mass is 531 g/mol. The van der Waals surface area contributed by atoms with Gasteiger partial charge in [0.1, 0.15) is 0 Å². The van der Waals surface area contributed by atoms with Crippen LogP contribution in [0.1, 0.15) is 37.3 Å². The molecule has 164 valence electrons. The number of nitrogens with one attached hydrogen (secondary N) is 2. The van der Waals surface area contributed by atoms with E-state index in [4.69, 9.17) is 0 Å². The Hall–Kier alpha value is -0.510. The quantitative estimate of drug-likeness (QED) is 0.321. The van der Waals surface area contributed by atoms with Crippen molar-refractivity contribution in [3.63, 3.8) is 0 Å². The summed E-state index contributed by atoms with van der Waals surface area (Å²) in [5.74, 6) is 0.929. The van der Waals surface area contributed by atoms with Gasteiger partial charge < -0.3 is 15.5 Å². The van der Waals surface area contributed by atoms with E-state index < -0.39 is 0 Å². The molecule has 3 rings (SSSR count). The molecule has 1 aromatic carbocycles. The van der Waals surface area contributed by atoms with E-state index in [-0.39, 0.29) is 24.0 Å². The standard InChI is InChI=1S/C22H37N5S.HI/c1-4-26-11-13-27(14-12-26)17-19-8-6-5-7-18(19)16-24-22(23-2)25-20-9-10-21(15-20)28-3;/h5-8,20-21H,4,9-17H2,1-3H3,(H2,23,24,25);1H. The number of likely N-dealkylation sites (N-methyl/N-ethyl adjacent to an activating group) is 1. The molecule has 2 unspecified atom stereocenters. The molecule has 0 amide bonds. The fourth-order valence-corrected chi connectivity index (χ4v) is 5.04. The van der Waals surface area contributed by atoms with E-state index in [0.717, 1.165) is 37.4 Å². The van der Waals surface area contributed by atoms with Crippen LogP contribution < -0.4 is 10.6 Å². The number of hydrogen-bond donors (Lipinski definition) is 2. The molecule has 1 heterocycles. The van der Waals surface area contributed by atoms with Crippen molar-refractivity contribution in [2.24, 2.45) is 4.99 Å². The molecule has 7 heteroatoms. The second kappa shape index (κ2) is 13.0. The lowest BCUT2D eigenvalue weighted by molar-refractivity contribution is 0.131. The van der Waals surface area contributed by atoms with Crippen LogP contribution in [0.2, 0.25) is 0 Å². The molecule has 1 aliphatic carbocycles. The summed E-state index contributed by atoms with van der Waals surface area (Å²) in [5, 5.41) is 7.96. The summed E-state index contributed by atoms with van der Waals surface area (Å²) < 4.78 is 0. The summed E-state index contributed by atoms with van der Waals surface area (Å²) in [6, 6.07) is 9.38. The lowest BCUT2D eigenvalue weighted by Crippen LogP contribution is -2.45. The Bertz CT molecular complexity index is 633. The zero-order valence-corrected chi connectivity index (χ0v) is 21.3. The third-order valence-corrected chi connectivity index (χ3v) is 7.25. The molecule has 1 aromatic rings. The minimum absolute atomic E-state index is 0. The minimum Gasteiger partial charge on any atom is -0.354 e. The van der Waals surface area contributed by atoms with Crippen LogP contribution in [0, 0.1) is 0 Å². The van der Waals surface area contributed by atoms with E-state index in [1.165, 1.54) is 50.0 Å². The number of thioether (sulfide) groups is 1. The number of halogens is 1. The zero-order valence-electron chi connectivity index (χ0n) is 18.2. The van der Waals surface area contributed by atoms with Crippen molar-refractivity contribution in [3.8, 4) is 0 Å². The van der Waals surface area contributed by atoms with E-state index in [9.17, 15) is 0 Å². The third kappa shape index (κ3) is 7.60. The number of aliphatic imine (C=N–C) groups is 1. The summed E-state index contributed by atoms with van der Waals surface area (Å²) in [7, 11) is 1.87. The molecule has 5 nitrogen and oxygen atoms in total. The molecule has 0 aromatic heterocycles. The molecule has 2 N–H and O–H groups in total. The normalized spacial score (nSPS) is 23.6. The molecule has 1 saturated carbocycles. The van der Waals surface area contributed by atoms with E-state index in [0.29, 0.717) is 6.04 Å². The highest BCUT2D eigenvalue weighted by Gasteiger charge is 2.24. The molecular formula is C22H38IN5S. The molecule has 0 bridgehead atoms. The van der Waals surface area contributed by atoms with Crippen LogP contribution in [0.3, 0.4) is 0 Å². The number of rotatable bonds is 7. The fourth-order valence-electron chi connectivity index (χ4n) is 4.24. The maximum atomic E-state index is 4.45. The van der Waals surface area contributed by atoms with Gasteiger partial charge in [0.25, 0.3) is 0 Å². The van der Waals surface area contributed by atoms with Crippen LogP contribution in [0.25, 0.3) is 0 Å². The molecule has 2 fully saturated rings. The van der Waals surface area contributed by atoms with Gasteiger partial charge in [0.2, 0.25) is 0 Å². The van der Waals surface area contributed by atoms with E-state index in [2.05, 4.69) is 62.9 Å². The molecular weight excluding hydrogens is 493 g/mol. The minimum atomic E-state index is 0.